The Kier molecular flexibility index (Phi) is 6.42. The van der Waals surface area contributed by atoms with Crippen LogP contribution < -0.4 is 5.32 Å². The predicted molar refractivity (Wildman–Crippen MR) is 62.3 cm³/mol. The molecule has 1 saturated carbocycles. The van der Waals surface area contributed by atoms with Crippen molar-refractivity contribution < 1.29 is 14.3 Å². The van der Waals surface area contributed by atoms with Crippen molar-refractivity contribution in [3.05, 3.63) is 0 Å². The summed E-state index contributed by atoms with van der Waals surface area (Å²) in [6.07, 6.45) is 5.96. The molecule has 0 bridgehead atoms. The normalized spacial score (nSPS) is 18.6. The van der Waals surface area contributed by atoms with E-state index in [1.807, 2.05) is 0 Å². The van der Waals surface area contributed by atoms with Gasteiger partial charge in [0.15, 0.2) is 0 Å². The average Bonchev–Trinajstić information content (AvgIpc) is 2.81. The molecule has 0 heterocycles. The molecule has 0 aromatic carbocycles. The summed E-state index contributed by atoms with van der Waals surface area (Å²) in [6.45, 7) is 1.47. The van der Waals surface area contributed by atoms with E-state index in [0.29, 0.717) is 13.0 Å². The molecule has 1 rings (SSSR count). The van der Waals surface area contributed by atoms with Gasteiger partial charge in [-0.05, 0) is 32.2 Å². The smallest absolute Gasteiger partial charge is 0.322 e. The number of ether oxygens (including phenoxy) is 2. The third-order valence-corrected chi connectivity index (χ3v) is 3.21. The Bertz CT molecular complexity index is 202. The van der Waals surface area contributed by atoms with Crippen LogP contribution in [-0.4, -0.2) is 39.4 Å². The summed E-state index contributed by atoms with van der Waals surface area (Å²) >= 11 is 0. The third-order valence-electron chi connectivity index (χ3n) is 3.21. The highest BCUT2D eigenvalue weighted by Crippen LogP contribution is 2.24. The second-order valence-corrected chi connectivity index (χ2v) is 4.38. The Morgan fingerprint density at radius 2 is 2.12 bits per heavy atom. The molecule has 0 amide bonds. The number of carbonyl (C=O) groups is 1. The van der Waals surface area contributed by atoms with Gasteiger partial charge in [0.2, 0.25) is 0 Å². The zero-order chi connectivity index (χ0) is 11.8. The first-order valence-electron chi connectivity index (χ1n) is 6.10. The maximum Gasteiger partial charge on any atom is 0.322 e. The largest absolute Gasteiger partial charge is 0.468 e. The Morgan fingerprint density at radius 3 is 2.69 bits per heavy atom. The highest BCUT2D eigenvalue weighted by atomic mass is 16.5. The van der Waals surface area contributed by atoms with Gasteiger partial charge in [-0.3, -0.25) is 4.79 Å². The van der Waals surface area contributed by atoms with Crippen LogP contribution in [0.1, 0.15) is 32.1 Å². The minimum Gasteiger partial charge on any atom is -0.468 e. The summed E-state index contributed by atoms with van der Waals surface area (Å²) in [4.78, 5) is 11.3. The minimum atomic E-state index is -0.242. The highest BCUT2D eigenvalue weighted by Gasteiger charge is 2.18. The van der Waals surface area contributed by atoms with Crippen molar-refractivity contribution >= 4 is 5.97 Å². The van der Waals surface area contributed by atoms with Gasteiger partial charge in [-0.2, -0.15) is 0 Å². The van der Waals surface area contributed by atoms with Gasteiger partial charge < -0.3 is 14.8 Å². The van der Waals surface area contributed by atoms with Crippen LogP contribution >= 0.6 is 0 Å². The molecule has 16 heavy (non-hydrogen) atoms. The molecule has 0 spiro atoms. The van der Waals surface area contributed by atoms with E-state index in [1.165, 1.54) is 32.8 Å². The molecule has 0 saturated heterocycles. The van der Waals surface area contributed by atoms with Crippen molar-refractivity contribution in [2.24, 2.45) is 5.92 Å². The van der Waals surface area contributed by atoms with E-state index >= 15 is 0 Å². The van der Waals surface area contributed by atoms with E-state index in [9.17, 15) is 4.79 Å². The third kappa shape index (κ3) is 4.49. The van der Waals surface area contributed by atoms with Gasteiger partial charge in [0.25, 0.3) is 0 Å². The number of esters is 1. The first-order valence-corrected chi connectivity index (χ1v) is 6.10. The molecule has 1 aliphatic rings. The molecule has 1 atom stereocenters. The SMILES string of the molecule is CNC(CCOCC1CCCC1)C(=O)OC. The van der Waals surface area contributed by atoms with E-state index in [2.05, 4.69) is 10.1 Å². The number of nitrogens with one attached hydrogen (secondary N) is 1. The van der Waals surface area contributed by atoms with Crippen LogP contribution in [-0.2, 0) is 14.3 Å². The van der Waals surface area contributed by atoms with Crippen LogP contribution in [0.5, 0.6) is 0 Å². The van der Waals surface area contributed by atoms with Gasteiger partial charge in [0.1, 0.15) is 6.04 Å². The fraction of sp³-hybridized carbons (Fsp3) is 0.917. The van der Waals surface area contributed by atoms with Gasteiger partial charge >= 0.3 is 5.97 Å². The maximum atomic E-state index is 11.3. The van der Waals surface area contributed by atoms with Crippen molar-refractivity contribution in [2.75, 3.05) is 27.4 Å². The average molecular weight is 229 g/mol. The minimum absolute atomic E-state index is 0.216. The Morgan fingerprint density at radius 1 is 1.44 bits per heavy atom. The summed E-state index contributed by atoms with van der Waals surface area (Å²) in [5, 5.41) is 2.93. The van der Waals surface area contributed by atoms with E-state index < -0.39 is 0 Å². The van der Waals surface area contributed by atoms with Crippen LogP contribution in [0, 0.1) is 5.92 Å². The van der Waals surface area contributed by atoms with Crippen LogP contribution in [0.25, 0.3) is 0 Å². The topological polar surface area (TPSA) is 47.6 Å². The molecule has 0 radical (unpaired) electrons. The Labute approximate surface area is 97.7 Å². The van der Waals surface area contributed by atoms with Crippen LogP contribution in [0.2, 0.25) is 0 Å². The van der Waals surface area contributed by atoms with Gasteiger partial charge in [-0.25, -0.2) is 0 Å². The lowest BCUT2D eigenvalue weighted by Crippen LogP contribution is -2.36. The molecule has 1 fully saturated rings. The van der Waals surface area contributed by atoms with Crippen molar-refractivity contribution in [1.82, 2.24) is 5.32 Å². The van der Waals surface area contributed by atoms with E-state index in [1.54, 1.807) is 7.05 Å². The molecule has 1 N–H and O–H groups in total. The predicted octanol–water partition coefficient (Wildman–Crippen LogP) is 1.34. The van der Waals surface area contributed by atoms with E-state index in [4.69, 9.17) is 4.74 Å². The number of likely N-dealkylation sites (N-methyl/N-ethyl adjacent to an activating group) is 1. The highest BCUT2D eigenvalue weighted by molar-refractivity contribution is 5.75. The van der Waals surface area contributed by atoms with Crippen LogP contribution in [0.4, 0.5) is 0 Å². The van der Waals surface area contributed by atoms with Crippen LogP contribution in [0.3, 0.4) is 0 Å². The Balaban J connectivity index is 2.06. The first-order chi connectivity index (χ1) is 7.77. The number of carbonyl (C=O) groups excluding carboxylic acids is 1. The molecule has 0 aliphatic heterocycles. The van der Waals surface area contributed by atoms with Gasteiger partial charge in [-0.15, -0.1) is 0 Å². The zero-order valence-corrected chi connectivity index (χ0v) is 10.3. The van der Waals surface area contributed by atoms with E-state index in [0.717, 1.165) is 12.5 Å². The quantitative estimate of drug-likeness (QED) is 0.529. The van der Waals surface area contributed by atoms with Gasteiger partial charge in [0.05, 0.1) is 7.11 Å². The lowest BCUT2D eigenvalue weighted by atomic mass is 10.1. The fourth-order valence-electron chi connectivity index (χ4n) is 2.15. The molecule has 0 aromatic rings. The monoisotopic (exact) mass is 229 g/mol. The van der Waals surface area contributed by atoms with E-state index in [-0.39, 0.29) is 12.0 Å². The molecule has 94 valence electrons. The molecule has 1 unspecified atom stereocenters. The van der Waals surface area contributed by atoms with Gasteiger partial charge in [-0.1, -0.05) is 12.8 Å². The molecule has 4 heteroatoms. The standard InChI is InChI=1S/C12H23NO3/c1-13-11(12(14)15-2)7-8-16-9-10-5-3-4-6-10/h10-11,13H,3-9H2,1-2H3. The number of methoxy groups -OCH3 is 1. The van der Waals surface area contributed by atoms with Crippen molar-refractivity contribution in [3.8, 4) is 0 Å². The summed E-state index contributed by atoms with van der Waals surface area (Å²) in [5.41, 5.74) is 0. The van der Waals surface area contributed by atoms with Crippen molar-refractivity contribution in [1.29, 1.82) is 0 Å². The fourth-order valence-corrected chi connectivity index (χ4v) is 2.15. The number of hydrogen-bond acceptors (Lipinski definition) is 4. The molecule has 4 nitrogen and oxygen atoms in total. The number of rotatable bonds is 7. The molecular formula is C12H23NO3. The number of hydrogen-bond donors (Lipinski definition) is 1. The lowest BCUT2D eigenvalue weighted by Gasteiger charge is -2.14. The lowest BCUT2D eigenvalue weighted by molar-refractivity contribution is -0.143. The zero-order valence-electron chi connectivity index (χ0n) is 10.3. The summed E-state index contributed by atoms with van der Waals surface area (Å²) in [7, 11) is 3.17. The molecular weight excluding hydrogens is 206 g/mol. The van der Waals surface area contributed by atoms with Crippen molar-refractivity contribution in [3.63, 3.8) is 0 Å². The maximum absolute atomic E-state index is 11.3. The summed E-state index contributed by atoms with van der Waals surface area (Å²) < 4.78 is 10.3. The summed E-state index contributed by atoms with van der Waals surface area (Å²) in [5.74, 6) is 0.526. The molecule has 0 aromatic heterocycles. The second-order valence-electron chi connectivity index (χ2n) is 4.38. The summed E-state index contributed by atoms with van der Waals surface area (Å²) in [6, 6.07) is -0.242. The molecule has 1 aliphatic carbocycles. The first kappa shape index (κ1) is 13.5. The van der Waals surface area contributed by atoms with Crippen molar-refractivity contribution in [2.45, 2.75) is 38.1 Å². The van der Waals surface area contributed by atoms with Crippen LogP contribution in [0.15, 0.2) is 0 Å². The Hall–Kier alpha value is -0.610. The van der Waals surface area contributed by atoms with Gasteiger partial charge in [0, 0.05) is 13.2 Å². The second kappa shape index (κ2) is 7.63.